The van der Waals surface area contributed by atoms with Crippen LogP contribution in [-0.2, 0) is 12.6 Å². The van der Waals surface area contributed by atoms with Crippen molar-refractivity contribution in [3.8, 4) is 5.75 Å². The summed E-state index contributed by atoms with van der Waals surface area (Å²) in [5.74, 6) is -0.575. The Bertz CT molecular complexity index is 825. The van der Waals surface area contributed by atoms with Gasteiger partial charge >= 0.3 is 6.18 Å². The predicted octanol–water partition coefficient (Wildman–Crippen LogP) is 4.95. The van der Waals surface area contributed by atoms with E-state index in [1.807, 2.05) is 24.3 Å². The number of nitrogens with zero attached hydrogens (tertiary/aromatic N) is 1. The Morgan fingerprint density at radius 1 is 1.11 bits per heavy atom. The topological polar surface area (TPSA) is 29.5 Å². The highest BCUT2D eigenvalue weighted by Crippen LogP contribution is 2.34. The van der Waals surface area contributed by atoms with Gasteiger partial charge in [-0.3, -0.25) is 4.79 Å². The summed E-state index contributed by atoms with van der Waals surface area (Å²) in [5, 5.41) is 0. The van der Waals surface area contributed by atoms with Crippen LogP contribution in [0.4, 0.5) is 17.6 Å². The van der Waals surface area contributed by atoms with Crippen LogP contribution in [0.25, 0.3) is 0 Å². The van der Waals surface area contributed by atoms with Crippen molar-refractivity contribution in [3.05, 3.63) is 65.0 Å². The molecule has 0 unspecified atom stereocenters. The smallest absolute Gasteiger partial charge is 0.417 e. The van der Waals surface area contributed by atoms with E-state index in [0.717, 1.165) is 29.9 Å². The van der Waals surface area contributed by atoms with Gasteiger partial charge in [-0.2, -0.15) is 13.2 Å². The zero-order valence-corrected chi connectivity index (χ0v) is 15.4. The summed E-state index contributed by atoms with van der Waals surface area (Å²) in [6.07, 6.45) is -2.52. The maximum atomic E-state index is 13.3. The first-order valence-electron chi connectivity index (χ1n) is 9.07. The highest BCUT2D eigenvalue weighted by molar-refractivity contribution is 5.96. The Balaban J connectivity index is 1.64. The second-order valence-corrected chi connectivity index (χ2v) is 6.98. The second-order valence-electron chi connectivity index (χ2n) is 6.98. The van der Waals surface area contributed by atoms with E-state index < -0.39 is 29.0 Å². The van der Waals surface area contributed by atoms with Crippen LogP contribution < -0.4 is 4.74 Å². The molecule has 1 heterocycles. The number of benzene rings is 2. The number of rotatable bonds is 4. The van der Waals surface area contributed by atoms with Crippen LogP contribution in [0, 0.1) is 11.7 Å². The first kappa shape index (κ1) is 20.2. The van der Waals surface area contributed by atoms with Crippen molar-refractivity contribution in [2.75, 3.05) is 20.2 Å². The molecular weight excluding hydrogens is 374 g/mol. The van der Waals surface area contributed by atoms with Gasteiger partial charge < -0.3 is 9.64 Å². The molecule has 0 bridgehead atoms. The molecule has 0 atom stereocenters. The van der Waals surface area contributed by atoms with E-state index in [2.05, 4.69) is 0 Å². The Labute approximate surface area is 160 Å². The van der Waals surface area contributed by atoms with E-state index in [0.29, 0.717) is 37.9 Å². The molecule has 0 aliphatic carbocycles. The van der Waals surface area contributed by atoms with Crippen molar-refractivity contribution in [3.63, 3.8) is 0 Å². The van der Waals surface area contributed by atoms with Crippen LogP contribution >= 0.6 is 0 Å². The van der Waals surface area contributed by atoms with Gasteiger partial charge in [-0.15, -0.1) is 0 Å². The number of hydrogen-bond donors (Lipinski definition) is 0. The van der Waals surface area contributed by atoms with Crippen LogP contribution in [0.3, 0.4) is 0 Å². The predicted molar refractivity (Wildman–Crippen MR) is 96.7 cm³/mol. The van der Waals surface area contributed by atoms with E-state index in [9.17, 15) is 22.4 Å². The van der Waals surface area contributed by atoms with Gasteiger partial charge in [0, 0.05) is 13.1 Å². The number of alkyl halides is 3. The van der Waals surface area contributed by atoms with Crippen LogP contribution in [0.1, 0.15) is 34.3 Å². The lowest BCUT2D eigenvalue weighted by Gasteiger charge is -2.32. The van der Waals surface area contributed by atoms with Gasteiger partial charge in [0.05, 0.1) is 18.2 Å². The highest BCUT2D eigenvalue weighted by atomic mass is 19.4. The maximum absolute atomic E-state index is 13.3. The summed E-state index contributed by atoms with van der Waals surface area (Å²) < 4.78 is 57.9. The number of likely N-dealkylation sites (tertiary alicyclic amines) is 1. The van der Waals surface area contributed by atoms with Crippen molar-refractivity contribution in [2.45, 2.75) is 25.4 Å². The third-order valence-corrected chi connectivity index (χ3v) is 5.10. The monoisotopic (exact) mass is 395 g/mol. The lowest BCUT2D eigenvalue weighted by molar-refractivity contribution is -0.138. The van der Waals surface area contributed by atoms with Gasteiger partial charge in [0.1, 0.15) is 11.6 Å². The summed E-state index contributed by atoms with van der Waals surface area (Å²) in [5.41, 5.74) is -0.566. The average Bonchev–Trinajstić information content (AvgIpc) is 2.68. The summed E-state index contributed by atoms with van der Waals surface area (Å²) in [7, 11) is 1.60. The first-order chi connectivity index (χ1) is 13.3. The fourth-order valence-corrected chi connectivity index (χ4v) is 3.54. The van der Waals surface area contributed by atoms with Crippen molar-refractivity contribution < 1.29 is 27.1 Å². The van der Waals surface area contributed by atoms with Gasteiger partial charge in [-0.1, -0.05) is 12.1 Å². The molecule has 0 radical (unpaired) electrons. The Hall–Kier alpha value is -2.57. The summed E-state index contributed by atoms with van der Waals surface area (Å²) in [4.78, 5) is 14.0. The third-order valence-electron chi connectivity index (χ3n) is 5.10. The highest BCUT2D eigenvalue weighted by Gasteiger charge is 2.37. The van der Waals surface area contributed by atoms with Crippen LogP contribution in [0.5, 0.6) is 5.75 Å². The molecule has 7 heteroatoms. The molecule has 1 fully saturated rings. The molecule has 0 saturated carbocycles. The molecule has 0 aromatic heterocycles. The molecular formula is C21H21F4NO2. The van der Waals surface area contributed by atoms with Crippen molar-refractivity contribution >= 4 is 5.91 Å². The van der Waals surface area contributed by atoms with E-state index in [4.69, 9.17) is 4.74 Å². The minimum Gasteiger partial charge on any atom is -0.497 e. The summed E-state index contributed by atoms with van der Waals surface area (Å²) in [6, 6.07) is 9.95. The molecule has 2 aromatic carbocycles. The second kappa shape index (κ2) is 8.20. The number of hydrogen-bond acceptors (Lipinski definition) is 2. The van der Waals surface area contributed by atoms with Crippen molar-refractivity contribution in [1.29, 1.82) is 0 Å². The molecule has 2 aromatic rings. The molecule has 1 saturated heterocycles. The molecule has 3 rings (SSSR count). The molecule has 150 valence electrons. The maximum Gasteiger partial charge on any atom is 0.417 e. The van der Waals surface area contributed by atoms with Crippen molar-refractivity contribution in [1.82, 2.24) is 4.90 Å². The fourth-order valence-electron chi connectivity index (χ4n) is 3.54. The van der Waals surface area contributed by atoms with Gasteiger partial charge in [-0.05, 0) is 61.1 Å². The largest absolute Gasteiger partial charge is 0.497 e. The quantitative estimate of drug-likeness (QED) is 0.686. The molecule has 0 spiro atoms. The van der Waals surface area contributed by atoms with Crippen molar-refractivity contribution in [2.24, 2.45) is 5.92 Å². The summed E-state index contributed by atoms with van der Waals surface area (Å²) in [6.45, 7) is 0.767. The first-order valence-corrected chi connectivity index (χ1v) is 9.07. The van der Waals surface area contributed by atoms with E-state index in [1.54, 1.807) is 7.11 Å². The van der Waals surface area contributed by atoms with Gasteiger partial charge in [0.2, 0.25) is 0 Å². The molecule has 1 aliphatic heterocycles. The van der Waals surface area contributed by atoms with Gasteiger partial charge in [0.25, 0.3) is 5.91 Å². The van der Waals surface area contributed by atoms with Gasteiger partial charge in [0.15, 0.2) is 0 Å². The minimum absolute atomic E-state index is 0.354. The molecule has 3 nitrogen and oxygen atoms in total. The standard InChI is InChI=1S/C21H21F4NO2/c1-28-17-5-2-14(3-6-17)12-15-8-10-26(11-9-15)20(27)18-7-4-16(22)13-19(18)21(23,24)25/h2-7,13,15H,8-12H2,1H3. The molecule has 1 aliphatic rings. The third kappa shape index (κ3) is 4.64. The average molecular weight is 395 g/mol. The zero-order chi connectivity index (χ0) is 20.3. The zero-order valence-electron chi connectivity index (χ0n) is 15.4. The van der Waals surface area contributed by atoms with E-state index in [-0.39, 0.29) is 0 Å². The van der Waals surface area contributed by atoms with Crippen LogP contribution in [-0.4, -0.2) is 31.0 Å². The number of ether oxygens (including phenoxy) is 1. The number of methoxy groups -OCH3 is 1. The Morgan fingerprint density at radius 3 is 2.32 bits per heavy atom. The molecule has 1 amide bonds. The molecule has 28 heavy (non-hydrogen) atoms. The lowest BCUT2D eigenvalue weighted by atomic mass is 9.89. The number of carbonyl (C=O) groups excluding carboxylic acids is 1. The minimum atomic E-state index is -4.78. The normalized spacial score (nSPS) is 15.5. The lowest BCUT2D eigenvalue weighted by Crippen LogP contribution is -2.39. The fraction of sp³-hybridized carbons (Fsp3) is 0.381. The van der Waals surface area contributed by atoms with E-state index >= 15 is 0 Å². The number of carbonyl (C=O) groups is 1. The Kier molecular flexibility index (Phi) is 5.91. The van der Waals surface area contributed by atoms with E-state index in [1.165, 1.54) is 4.90 Å². The molecule has 0 N–H and O–H groups in total. The summed E-state index contributed by atoms with van der Waals surface area (Å²) >= 11 is 0. The SMILES string of the molecule is COc1ccc(CC2CCN(C(=O)c3ccc(F)cc3C(F)(F)F)CC2)cc1. The Morgan fingerprint density at radius 2 is 1.75 bits per heavy atom. The van der Waals surface area contributed by atoms with Crippen LogP contribution in [0.2, 0.25) is 0 Å². The number of halogens is 4. The number of amides is 1. The van der Waals surface area contributed by atoms with Crippen LogP contribution in [0.15, 0.2) is 42.5 Å². The van der Waals surface area contributed by atoms with Gasteiger partial charge in [-0.25, -0.2) is 4.39 Å². The number of piperidine rings is 1.